The Hall–Kier alpha value is -3.67. The summed E-state index contributed by atoms with van der Waals surface area (Å²) >= 11 is 0. The topological polar surface area (TPSA) is 91.4 Å². The number of hydrogen-bond acceptors (Lipinski definition) is 4. The van der Waals surface area contributed by atoms with E-state index in [-0.39, 0.29) is 5.56 Å². The van der Waals surface area contributed by atoms with Gasteiger partial charge < -0.3 is 15.0 Å². The monoisotopic (exact) mass is 376 g/mol. The molecule has 0 fully saturated rings. The predicted octanol–water partition coefficient (Wildman–Crippen LogP) is 2.85. The number of methoxy groups -OCH3 is 1. The molecule has 142 valence electrons. The molecule has 6 heteroatoms. The second-order valence-electron chi connectivity index (χ2n) is 6.32. The number of nitrogens with zero attached hydrogens (tertiary/aromatic N) is 1. The predicted molar refractivity (Wildman–Crippen MR) is 107 cm³/mol. The molecular formula is C22H20N2O4. The number of ketones is 1. The summed E-state index contributed by atoms with van der Waals surface area (Å²) in [5.74, 6) is -2.29. The smallest absolute Gasteiger partial charge is 0.330 e. The largest absolute Gasteiger partial charge is 0.466 e. The highest BCUT2D eigenvalue weighted by Crippen LogP contribution is 2.31. The average molecular weight is 376 g/mol. The van der Waals surface area contributed by atoms with Crippen molar-refractivity contribution in [1.82, 2.24) is 4.57 Å². The van der Waals surface area contributed by atoms with Crippen molar-refractivity contribution in [3.8, 4) is 0 Å². The van der Waals surface area contributed by atoms with E-state index in [1.165, 1.54) is 13.2 Å². The zero-order valence-corrected chi connectivity index (χ0v) is 15.6. The van der Waals surface area contributed by atoms with Crippen LogP contribution in [0.5, 0.6) is 0 Å². The first-order chi connectivity index (χ1) is 13.4. The molecule has 0 unspecified atom stereocenters. The lowest BCUT2D eigenvalue weighted by atomic mass is 10.0. The summed E-state index contributed by atoms with van der Waals surface area (Å²) in [6, 6.07) is 15.3. The number of ether oxygens (including phenoxy) is 1. The second kappa shape index (κ2) is 7.92. The third kappa shape index (κ3) is 3.57. The number of primary amides is 1. The number of esters is 1. The van der Waals surface area contributed by atoms with Crippen molar-refractivity contribution >= 4 is 34.6 Å². The molecule has 0 radical (unpaired) electrons. The zero-order chi connectivity index (χ0) is 20.3. The van der Waals surface area contributed by atoms with Crippen LogP contribution in [-0.4, -0.2) is 29.3 Å². The van der Waals surface area contributed by atoms with Crippen molar-refractivity contribution in [2.75, 3.05) is 7.11 Å². The molecule has 0 atom stereocenters. The highest BCUT2D eigenvalue weighted by atomic mass is 16.5. The lowest BCUT2D eigenvalue weighted by molar-refractivity contribution is -0.134. The van der Waals surface area contributed by atoms with Crippen LogP contribution >= 0.6 is 0 Å². The van der Waals surface area contributed by atoms with E-state index in [0.29, 0.717) is 23.2 Å². The molecule has 0 saturated heterocycles. The SMILES string of the molecule is COC(=O)/C=C/c1cccc2c1c(C(=O)C(N)=O)c(C)n2Cc1ccccc1. The number of Topliss-reactive ketones (excluding diaryl/α,β-unsaturated/α-hetero) is 1. The molecule has 3 aromatic rings. The Kier molecular flexibility index (Phi) is 5.40. The maximum atomic E-state index is 12.6. The number of amides is 1. The summed E-state index contributed by atoms with van der Waals surface area (Å²) in [5, 5.41) is 0.583. The number of rotatable bonds is 6. The van der Waals surface area contributed by atoms with E-state index in [0.717, 1.165) is 11.1 Å². The van der Waals surface area contributed by atoms with Crippen molar-refractivity contribution < 1.29 is 19.1 Å². The molecule has 0 aliphatic heterocycles. The molecule has 2 N–H and O–H groups in total. The van der Waals surface area contributed by atoms with Crippen LogP contribution in [0.4, 0.5) is 0 Å². The minimum atomic E-state index is -1.02. The van der Waals surface area contributed by atoms with Gasteiger partial charge in [-0.05, 0) is 30.2 Å². The van der Waals surface area contributed by atoms with Crippen LogP contribution in [0.2, 0.25) is 0 Å². The zero-order valence-electron chi connectivity index (χ0n) is 15.6. The van der Waals surface area contributed by atoms with E-state index in [1.54, 1.807) is 19.1 Å². The number of hydrogen-bond donors (Lipinski definition) is 1. The van der Waals surface area contributed by atoms with Crippen LogP contribution in [0.25, 0.3) is 17.0 Å². The molecular weight excluding hydrogens is 356 g/mol. The van der Waals surface area contributed by atoms with Gasteiger partial charge in [0.2, 0.25) is 0 Å². The standard InChI is InChI=1S/C22H20N2O4/c1-14-19(21(26)22(23)27)20-16(11-12-18(25)28-2)9-6-10-17(20)24(14)13-15-7-4-3-5-8-15/h3-12H,13H2,1-2H3,(H2,23,27)/b12-11+. The fourth-order valence-corrected chi connectivity index (χ4v) is 3.29. The quantitative estimate of drug-likeness (QED) is 0.310. The minimum Gasteiger partial charge on any atom is -0.466 e. The third-order valence-corrected chi connectivity index (χ3v) is 4.62. The first-order valence-corrected chi connectivity index (χ1v) is 8.70. The normalized spacial score (nSPS) is 11.1. The Balaban J connectivity index is 2.26. The van der Waals surface area contributed by atoms with Gasteiger partial charge in [0.15, 0.2) is 0 Å². The highest BCUT2D eigenvalue weighted by Gasteiger charge is 2.24. The third-order valence-electron chi connectivity index (χ3n) is 4.62. The van der Waals surface area contributed by atoms with Gasteiger partial charge in [0.25, 0.3) is 11.7 Å². The molecule has 1 aromatic heterocycles. The van der Waals surface area contributed by atoms with Crippen LogP contribution in [-0.2, 0) is 20.9 Å². The van der Waals surface area contributed by atoms with Gasteiger partial charge in [-0.15, -0.1) is 0 Å². The summed E-state index contributed by atoms with van der Waals surface area (Å²) in [6.45, 7) is 2.31. The first-order valence-electron chi connectivity index (χ1n) is 8.70. The van der Waals surface area contributed by atoms with Crippen molar-refractivity contribution in [2.24, 2.45) is 5.73 Å². The van der Waals surface area contributed by atoms with E-state index in [1.807, 2.05) is 47.0 Å². The molecule has 0 aliphatic rings. The Labute approximate surface area is 162 Å². The number of aromatic nitrogens is 1. The molecule has 0 spiro atoms. The second-order valence-corrected chi connectivity index (χ2v) is 6.32. The van der Waals surface area contributed by atoms with E-state index < -0.39 is 17.7 Å². The van der Waals surface area contributed by atoms with Crippen LogP contribution in [0.3, 0.4) is 0 Å². The van der Waals surface area contributed by atoms with Gasteiger partial charge in [-0.1, -0.05) is 42.5 Å². The summed E-state index contributed by atoms with van der Waals surface area (Å²) < 4.78 is 6.60. The molecule has 0 saturated carbocycles. The molecule has 1 amide bonds. The molecule has 28 heavy (non-hydrogen) atoms. The maximum Gasteiger partial charge on any atom is 0.330 e. The van der Waals surface area contributed by atoms with Crippen molar-refractivity contribution in [1.29, 1.82) is 0 Å². The first kappa shape index (κ1) is 19.1. The van der Waals surface area contributed by atoms with Crippen LogP contribution in [0.1, 0.15) is 27.2 Å². The van der Waals surface area contributed by atoms with Crippen molar-refractivity contribution in [2.45, 2.75) is 13.5 Å². The summed E-state index contributed by atoms with van der Waals surface area (Å²) in [6.07, 6.45) is 2.84. The number of benzene rings is 2. The van der Waals surface area contributed by atoms with Gasteiger partial charge >= 0.3 is 5.97 Å². The Bertz CT molecular complexity index is 1090. The average Bonchev–Trinajstić information content (AvgIpc) is 2.98. The number of nitrogens with two attached hydrogens (primary N) is 1. The number of fused-ring (bicyclic) bond motifs is 1. The molecule has 0 aliphatic carbocycles. The Morgan fingerprint density at radius 2 is 1.79 bits per heavy atom. The van der Waals surface area contributed by atoms with Crippen molar-refractivity contribution in [3.63, 3.8) is 0 Å². The van der Waals surface area contributed by atoms with E-state index >= 15 is 0 Å². The minimum absolute atomic E-state index is 0.253. The summed E-state index contributed by atoms with van der Waals surface area (Å²) in [7, 11) is 1.29. The summed E-state index contributed by atoms with van der Waals surface area (Å²) in [5.41, 5.74) is 8.64. The Morgan fingerprint density at radius 3 is 2.43 bits per heavy atom. The fourth-order valence-electron chi connectivity index (χ4n) is 3.29. The van der Waals surface area contributed by atoms with Gasteiger partial charge in [-0.3, -0.25) is 9.59 Å². The van der Waals surface area contributed by atoms with E-state index in [9.17, 15) is 14.4 Å². The van der Waals surface area contributed by atoms with Crippen LogP contribution in [0.15, 0.2) is 54.6 Å². The van der Waals surface area contributed by atoms with Gasteiger partial charge in [-0.25, -0.2) is 4.79 Å². The molecule has 0 bridgehead atoms. The van der Waals surface area contributed by atoms with Crippen LogP contribution in [0, 0.1) is 6.92 Å². The van der Waals surface area contributed by atoms with Crippen molar-refractivity contribution in [3.05, 3.63) is 77.0 Å². The van der Waals surface area contributed by atoms with Gasteiger partial charge in [-0.2, -0.15) is 0 Å². The number of carbonyl (C=O) groups excluding carboxylic acids is 3. The molecule has 6 nitrogen and oxygen atoms in total. The van der Waals surface area contributed by atoms with Gasteiger partial charge in [0, 0.05) is 29.2 Å². The molecule has 1 heterocycles. The number of carbonyl (C=O) groups is 3. The molecule has 3 rings (SSSR count). The maximum absolute atomic E-state index is 12.6. The summed E-state index contributed by atoms with van der Waals surface area (Å²) in [4.78, 5) is 35.8. The lowest BCUT2D eigenvalue weighted by Gasteiger charge is -2.09. The van der Waals surface area contributed by atoms with E-state index in [2.05, 4.69) is 4.74 Å². The van der Waals surface area contributed by atoms with Gasteiger partial charge in [0.05, 0.1) is 12.7 Å². The molecule has 2 aromatic carbocycles. The Morgan fingerprint density at radius 1 is 1.07 bits per heavy atom. The van der Waals surface area contributed by atoms with Gasteiger partial charge in [0.1, 0.15) is 0 Å². The fraction of sp³-hybridized carbons (Fsp3) is 0.136. The lowest BCUT2D eigenvalue weighted by Crippen LogP contribution is -2.24. The van der Waals surface area contributed by atoms with E-state index in [4.69, 9.17) is 5.73 Å². The highest BCUT2D eigenvalue weighted by molar-refractivity contribution is 6.45. The van der Waals surface area contributed by atoms with Crippen LogP contribution < -0.4 is 5.73 Å².